The van der Waals surface area contributed by atoms with Crippen molar-refractivity contribution >= 4 is 5.69 Å². The zero-order valence-corrected chi connectivity index (χ0v) is 8.29. The van der Waals surface area contributed by atoms with Gasteiger partial charge in [0.05, 0.1) is 5.69 Å². The highest BCUT2D eigenvalue weighted by Crippen LogP contribution is 2.34. The van der Waals surface area contributed by atoms with E-state index in [9.17, 15) is 0 Å². The molecule has 0 aliphatic carbocycles. The van der Waals surface area contributed by atoms with E-state index >= 15 is 0 Å². The zero-order valence-electron chi connectivity index (χ0n) is 8.29. The Kier molecular flexibility index (Phi) is 2.17. The average Bonchev–Trinajstić information content (AvgIpc) is 2.23. The molecule has 0 spiro atoms. The van der Waals surface area contributed by atoms with Crippen LogP contribution < -0.4 is 15.4 Å². The number of benzene rings is 1. The summed E-state index contributed by atoms with van der Waals surface area (Å²) in [5.41, 5.74) is 8.70. The van der Waals surface area contributed by atoms with Crippen molar-refractivity contribution in [3.05, 3.63) is 36.0 Å². The lowest BCUT2D eigenvalue weighted by atomic mass is 10.1. The van der Waals surface area contributed by atoms with Crippen molar-refractivity contribution < 1.29 is 4.74 Å². The number of hydrogen-bond acceptors (Lipinski definition) is 3. The fraction of sp³-hybridized carbons (Fsp3) is 0.273. The van der Waals surface area contributed by atoms with E-state index in [0.717, 1.165) is 22.7 Å². The Labute approximate surface area is 83.8 Å². The van der Waals surface area contributed by atoms with Gasteiger partial charge in [0, 0.05) is 19.3 Å². The smallest absolute Gasteiger partial charge is 0.143 e. The Balaban J connectivity index is 2.46. The van der Waals surface area contributed by atoms with E-state index in [1.165, 1.54) is 0 Å². The molecule has 3 heteroatoms. The first-order chi connectivity index (χ1) is 6.72. The molecule has 1 aliphatic rings. The summed E-state index contributed by atoms with van der Waals surface area (Å²) in [7, 11) is 1.99. The summed E-state index contributed by atoms with van der Waals surface area (Å²) in [6.45, 7) is 5.03. The molecule has 2 rings (SSSR count). The second-order valence-electron chi connectivity index (χ2n) is 3.42. The van der Waals surface area contributed by atoms with E-state index in [0.29, 0.717) is 13.2 Å². The van der Waals surface area contributed by atoms with Crippen molar-refractivity contribution in [2.75, 3.05) is 18.6 Å². The number of ether oxygens (including phenoxy) is 1. The van der Waals surface area contributed by atoms with Gasteiger partial charge in [-0.15, -0.1) is 0 Å². The summed E-state index contributed by atoms with van der Waals surface area (Å²) in [6, 6.07) is 5.99. The molecule has 0 amide bonds. The van der Waals surface area contributed by atoms with Crippen LogP contribution in [0.25, 0.3) is 0 Å². The van der Waals surface area contributed by atoms with Crippen molar-refractivity contribution in [2.45, 2.75) is 6.54 Å². The lowest BCUT2D eigenvalue weighted by molar-refractivity contribution is 0.338. The Morgan fingerprint density at radius 2 is 2.36 bits per heavy atom. The average molecular weight is 190 g/mol. The maximum atomic E-state index is 5.58. The van der Waals surface area contributed by atoms with Gasteiger partial charge in [-0.2, -0.15) is 0 Å². The third kappa shape index (κ3) is 1.36. The minimum absolute atomic E-state index is 0.549. The second-order valence-corrected chi connectivity index (χ2v) is 3.42. The van der Waals surface area contributed by atoms with E-state index in [1.54, 1.807) is 0 Å². The van der Waals surface area contributed by atoms with Crippen molar-refractivity contribution in [2.24, 2.45) is 5.73 Å². The predicted molar refractivity (Wildman–Crippen MR) is 57.4 cm³/mol. The predicted octanol–water partition coefficient (Wildman–Crippen LogP) is 1.49. The van der Waals surface area contributed by atoms with Gasteiger partial charge >= 0.3 is 0 Å². The first-order valence-corrected chi connectivity index (χ1v) is 4.59. The first-order valence-electron chi connectivity index (χ1n) is 4.59. The van der Waals surface area contributed by atoms with Crippen molar-refractivity contribution in [3.8, 4) is 5.75 Å². The quantitative estimate of drug-likeness (QED) is 0.729. The highest BCUT2D eigenvalue weighted by atomic mass is 16.5. The highest BCUT2D eigenvalue weighted by Gasteiger charge is 2.17. The summed E-state index contributed by atoms with van der Waals surface area (Å²) in [5, 5.41) is 0. The second kappa shape index (κ2) is 3.35. The van der Waals surface area contributed by atoms with Gasteiger partial charge in [0.1, 0.15) is 12.4 Å². The lowest BCUT2D eigenvalue weighted by Crippen LogP contribution is -2.26. The molecule has 3 nitrogen and oxygen atoms in total. The highest BCUT2D eigenvalue weighted by molar-refractivity contribution is 5.64. The Hall–Kier alpha value is -1.48. The molecule has 1 aromatic carbocycles. The monoisotopic (exact) mass is 190 g/mol. The SMILES string of the molecule is C=C1COc2ccc(CN)cc2N1C. The van der Waals surface area contributed by atoms with Crippen LogP contribution >= 0.6 is 0 Å². The molecule has 1 aromatic rings. The van der Waals surface area contributed by atoms with Crippen molar-refractivity contribution in [3.63, 3.8) is 0 Å². The van der Waals surface area contributed by atoms with Gasteiger partial charge in [-0.3, -0.25) is 0 Å². The molecular formula is C11H14N2O. The van der Waals surface area contributed by atoms with Crippen LogP contribution in [0.4, 0.5) is 5.69 Å². The number of hydrogen-bond donors (Lipinski definition) is 1. The van der Waals surface area contributed by atoms with Crippen LogP contribution in [0.5, 0.6) is 5.75 Å². The van der Waals surface area contributed by atoms with Gasteiger partial charge in [0.2, 0.25) is 0 Å². The fourth-order valence-electron chi connectivity index (χ4n) is 1.50. The Bertz CT molecular complexity index is 374. The third-order valence-electron chi connectivity index (χ3n) is 2.49. The maximum absolute atomic E-state index is 5.58. The number of rotatable bonds is 1. The van der Waals surface area contributed by atoms with Crippen LogP contribution in [0.1, 0.15) is 5.56 Å². The number of likely N-dealkylation sites (N-methyl/N-ethyl adjacent to an activating group) is 1. The molecule has 0 atom stereocenters. The molecule has 0 aromatic heterocycles. The fourth-order valence-corrected chi connectivity index (χ4v) is 1.50. The minimum atomic E-state index is 0.549. The Morgan fingerprint density at radius 3 is 3.07 bits per heavy atom. The third-order valence-corrected chi connectivity index (χ3v) is 2.49. The minimum Gasteiger partial charge on any atom is -0.485 e. The van der Waals surface area contributed by atoms with E-state index in [4.69, 9.17) is 10.5 Å². The number of fused-ring (bicyclic) bond motifs is 1. The van der Waals surface area contributed by atoms with Crippen LogP contribution in [0, 0.1) is 0 Å². The van der Waals surface area contributed by atoms with Gasteiger partial charge in [0.25, 0.3) is 0 Å². The van der Waals surface area contributed by atoms with E-state index in [-0.39, 0.29) is 0 Å². The van der Waals surface area contributed by atoms with Gasteiger partial charge in [0.15, 0.2) is 0 Å². The number of anilines is 1. The largest absolute Gasteiger partial charge is 0.485 e. The van der Waals surface area contributed by atoms with Crippen LogP contribution in [-0.2, 0) is 6.54 Å². The molecule has 0 unspecified atom stereocenters. The zero-order chi connectivity index (χ0) is 10.1. The summed E-state index contributed by atoms with van der Waals surface area (Å²) < 4.78 is 5.52. The molecule has 0 saturated heterocycles. The van der Waals surface area contributed by atoms with E-state index in [1.807, 2.05) is 30.1 Å². The van der Waals surface area contributed by atoms with Gasteiger partial charge in [-0.05, 0) is 17.7 Å². The molecule has 2 N–H and O–H groups in total. The van der Waals surface area contributed by atoms with E-state index in [2.05, 4.69) is 6.58 Å². The van der Waals surface area contributed by atoms with Gasteiger partial charge < -0.3 is 15.4 Å². The first kappa shape index (κ1) is 9.09. The topological polar surface area (TPSA) is 38.5 Å². The normalized spacial score (nSPS) is 15.0. The molecule has 14 heavy (non-hydrogen) atoms. The number of nitrogens with two attached hydrogens (primary N) is 1. The van der Waals surface area contributed by atoms with Crippen molar-refractivity contribution in [1.29, 1.82) is 0 Å². The van der Waals surface area contributed by atoms with E-state index < -0.39 is 0 Å². The molecule has 1 heterocycles. The van der Waals surface area contributed by atoms with Crippen LogP contribution in [0.3, 0.4) is 0 Å². The molecule has 1 aliphatic heterocycles. The number of nitrogens with zero attached hydrogens (tertiary/aromatic N) is 1. The molecule has 0 saturated carbocycles. The van der Waals surface area contributed by atoms with Crippen LogP contribution in [0.15, 0.2) is 30.5 Å². The maximum Gasteiger partial charge on any atom is 0.143 e. The van der Waals surface area contributed by atoms with Crippen LogP contribution in [0.2, 0.25) is 0 Å². The summed E-state index contributed by atoms with van der Waals surface area (Å²) in [6.07, 6.45) is 0. The molecule has 0 radical (unpaired) electrons. The van der Waals surface area contributed by atoms with Crippen LogP contribution in [-0.4, -0.2) is 13.7 Å². The van der Waals surface area contributed by atoms with Crippen molar-refractivity contribution in [1.82, 2.24) is 0 Å². The summed E-state index contributed by atoms with van der Waals surface area (Å²) >= 11 is 0. The lowest BCUT2D eigenvalue weighted by Gasteiger charge is -2.29. The summed E-state index contributed by atoms with van der Waals surface area (Å²) in [5.74, 6) is 0.900. The summed E-state index contributed by atoms with van der Waals surface area (Å²) in [4.78, 5) is 2.04. The standard InChI is InChI=1S/C11H14N2O/c1-8-7-14-11-4-3-9(6-12)5-10(11)13(8)2/h3-5H,1,6-7,12H2,2H3. The Morgan fingerprint density at radius 1 is 1.57 bits per heavy atom. The molecular weight excluding hydrogens is 176 g/mol. The molecule has 74 valence electrons. The molecule has 0 fully saturated rings. The van der Waals surface area contributed by atoms with Gasteiger partial charge in [-0.1, -0.05) is 12.6 Å². The molecule has 0 bridgehead atoms. The van der Waals surface area contributed by atoms with Gasteiger partial charge in [-0.25, -0.2) is 0 Å².